The third kappa shape index (κ3) is 4.06. The molecule has 0 spiro atoms. The second kappa shape index (κ2) is 7.28. The molecule has 5 heteroatoms. The molecule has 1 aromatic rings. The summed E-state index contributed by atoms with van der Waals surface area (Å²) in [5.41, 5.74) is 0.517. The molecule has 0 bridgehead atoms. The van der Waals surface area contributed by atoms with Gasteiger partial charge in [0.25, 0.3) is 5.91 Å². The van der Waals surface area contributed by atoms with Crippen molar-refractivity contribution in [2.75, 3.05) is 19.8 Å². The number of rotatable bonds is 7. The van der Waals surface area contributed by atoms with Gasteiger partial charge in [-0.1, -0.05) is 12.8 Å². The van der Waals surface area contributed by atoms with Crippen LogP contribution >= 0.6 is 0 Å². The normalized spacial score (nSPS) is 15.8. The van der Waals surface area contributed by atoms with Crippen LogP contribution in [0.25, 0.3) is 0 Å². The fourth-order valence-electron chi connectivity index (χ4n) is 2.44. The molecule has 1 aromatic heterocycles. The summed E-state index contributed by atoms with van der Waals surface area (Å²) in [4.78, 5) is 11.9. The lowest BCUT2D eigenvalue weighted by Crippen LogP contribution is -2.26. The van der Waals surface area contributed by atoms with E-state index in [0.717, 1.165) is 13.0 Å². The highest BCUT2D eigenvalue weighted by Crippen LogP contribution is 2.28. The average molecular weight is 265 g/mol. The van der Waals surface area contributed by atoms with Crippen LogP contribution in [0.4, 0.5) is 0 Å². The van der Waals surface area contributed by atoms with Crippen LogP contribution in [0.3, 0.4) is 0 Å². The van der Waals surface area contributed by atoms with Gasteiger partial charge >= 0.3 is 0 Å². The summed E-state index contributed by atoms with van der Waals surface area (Å²) in [6.07, 6.45) is 7.65. The lowest BCUT2D eigenvalue weighted by molar-refractivity contribution is 0.0938. The van der Waals surface area contributed by atoms with Gasteiger partial charge in [0, 0.05) is 26.0 Å². The predicted molar refractivity (Wildman–Crippen MR) is 73.2 cm³/mol. The molecule has 1 aliphatic carbocycles. The van der Waals surface area contributed by atoms with E-state index in [-0.39, 0.29) is 5.91 Å². The summed E-state index contributed by atoms with van der Waals surface area (Å²) in [6, 6.07) is 2.29. The van der Waals surface area contributed by atoms with Crippen molar-refractivity contribution in [3.8, 4) is 0 Å². The predicted octanol–water partition coefficient (Wildman–Crippen LogP) is 2.15. The number of nitrogens with zero attached hydrogens (tertiary/aromatic N) is 2. The highest BCUT2D eigenvalue weighted by atomic mass is 16.5. The highest BCUT2D eigenvalue weighted by Gasteiger charge is 2.18. The first-order valence-electron chi connectivity index (χ1n) is 7.22. The van der Waals surface area contributed by atoms with Crippen molar-refractivity contribution in [2.45, 2.75) is 45.1 Å². The number of hydrogen-bond acceptors (Lipinski definition) is 3. The first-order valence-corrected chi connectivity index (χ1v) is 7.22. The molecule has 1 N–H and O–H groups in total. The van der Waals surface area contributed by atoms with E-state index in [0.29, 0.717) is 24.9 Å². The standard InChI is InChI=1S/C14H23N3O2/c1-2-19-11-5-9-15-14(18)13-8-10-17(16-13)12-6-3-4-7-12/h8,10,12H,2-7,9,11H2,1H3,(H,15,18). The molecule has 106 valence electrons. The van der Waals surface area contributed by atoms with Gasteiger partial charge in [-0.25, -0.2) is 0 Å². The summed E-state index contributed by atoms with van der Waals surface area (Å²) in [6.45, 7) is 4.01. The second-order valence-corrected chi connectivity index (χ2v) is 4.93. The van der Waals surface area contributed by atoms with Gasteiger partial charge in [0.05, 0.1) is 6.04 Å². The Hall–Kier alpha value is -1.36. The Balaban J connectivity index is 1.76. The van der Waals surface area contributed by atoms with Gasteiger partial charge in [0.1, 0.15) is 5.69 Å². The molecule has 0 aliphatic heterocycles. The third-order valence-electron chi connectivity index (χ3n) is 3.49. The van der Waals surface area contributed by atoms with Gasteiger partial charge in [-0.2, -0.15) is 5.10 Å². The molecule has 1 heterocycles. The van der Waals surface area contributed by atoms with Gasteiger partial charge < -0.3 is 10.1 Å². The van der Waals surface area contributed by atoms with Crippen molar-refractivity contribution in [1.82, 2.24) is 15.1 Å². The first kappa shape index (κ1) is 14.1. The molecule has 0 atom stereocenters. The Morgan fingerprint density at radius 1 is 1.53 bits per heavy atom. The molecule has 5 nitrogen and oxygen atoms in total. The van der Waals surface area contributed by atoms with Crippen LogP contribution in [0.2, 0.25) is 0 Å². The molecule has 0 saturated heterocycles. The quantitative estimate of drug-likeness (QED) is 0.769. The minimum Gasteiger partial charge on any atom is -0.382 e. The monoisotopic (exact) mass is 265 g/mol. The zero-order valence-electron chi connectivity index (χ0n) is 11.6. The molecule has 2 rings (SSSR count). The van der Waals surface area contributed by atoms with Crippen molar-refractivity contribution in [3.63, 3.8) is 0 Å². The van der Waals surface area contributed by atoms with Crippen molar-refractivity contribution in [1.29, 1.82) is 0 Å². The Morgan fingerprint density at radius 3 is 3.05 bits per heavy atom. The number of amides is 1. The van der Waals surface area contributed by atoms with E-state index in [9.17, 15) is 4.79 Å². The second-order valence-electron chi connectivity index (χ2n) is 4.93. The van der Waals surface area contributed by atoms with E-state index >= 15 is 0 Å². The molecule has 1 aliphatic rings. The summed E-state index contributed by atoms with van der Waals surface area (Å²) < 4.78 is 7.17. The lowest BCUT2D eigenvalue weighted by Gasteiger charge is -2.08. The smallest absolute Gasteiger partial charge is 0.271 e. The first-order chi connectivity index (χ1) is 9.31. The SMILES string of the molecule is CCOCCCNC(=O)c1ccn(C2CCCC2)n1. The molecular formula is C14H23N3O2. The number of carbonyl (C=O) groups is 1. The van der Waals surface area contributed by atoms with E-state index < -0.39 is 0 Å². The van der Waals surface area contributed by atoms with Gasteiger partial charge in [0.15, 0.2) is 0 Å². The zero-order chi connectivity index (χ0) is 13.5. The highest BCUT2D eigenvalue weighted by molar-refractivity contribution is 5.92. The molecule has 0 aromatic carbocycles. The Labute approximate surface area is 114 Å². The maximum Gasteiger partial charge on any atom is 0.271 e. The van der Waals surface area contributed by atoms with Crippen LogP contribution in [-0.2, 0) is 4.74 Å². The van der Waals surface area contributed by atoms with Crippen LogP contribution < -0.4 is 5.32 Å². The molecule has 0 radical (unpaired) electrons. The average Bonchev–Trinajstić information content (AvgIpc) is 3.08. The fourth-order valence-corrected chi connectivity index (χ4v) is 2.44. The lowest BCUT2D eigenvalue weighted by atomic mass is 10.3. The number of carbonyl (C=O) groups excluding carboxylic acids is 1. The van der Waals surface area contributed by atoms with E-state index in [2.05, 4.69) is 10.4 Å². The minimum absolute atomic E-state index is 0.0896. The molecule has 19 heavy (non-hydrogen) atoms. The topological polar surface area (TPSA) is 56.1 Å². The molecule has 1 fully saturated rings. The Bertz CT molecular complexity index is 397. The molecule has 1 saturated carbocycles. The van der Waals surface area contributed by atoms with Crippen LogP contribution in [0, 0.1) is 0 Å². The van der Waals surface area contributed by atoms with Gasteiger partial charge in [-0.05, 0) is 32.3 Å². The number of hydrogen-bond donors (Lipinski definition) is 1. The van der Waals surface area contributed by atoms with E-state index in [1.165, 1.54) is 25.7 Å². The van der Waals surface area contributed by atoms with E-state index in [4.69, 9.17) is 4.74 Å². The number of nitrogens with one attached hydrogen (secondary N) is 1. The zero-order valence-corrected chi connectivity index (χ0v) is 11.6. The molecule has 1 amide bonds. The van der Waals surface area contributed by atoms with Crippen molar-refractivity contribution >= 4 is 5.91 Å². The van der Waals surface area contributed by atoms with Gasteiger partial charge in [-0.15, -0.1) is 0 Å². The Kier molecular flexibility index (Phi) is 5.39. The van der Waals surface area contributed by atoms with Crippen LogP contribution in [0.5, 0.6) is 0 Å². The van der Waals surface area contributed by atoms with Crippen molar-refractivity contribution in [3.05, 3.63) is 18.0 Å². The van der Waals surface area contributed by atoms with E-state index in [1.807, 2.05) is 17.8 Å². The maximum atomic E-state index is 11.9. The van der Waals surface area contributed by atoms with Crippen molar-refractivity contribution < 1.29 is 9.53 Å². The molecular weight excluding hydrogens is 242 g/mol. The Morgan fingerprint density at radius 2 is 2.32 bits per heavy atom. The molecule has 0 unspecified atom stereocenters. The van der Waals surface area contributed by atoms with Crippen molar-refractivity contribution in [2.24, 2.45) is 0 Å². The third-order valence-corrected chi connectivity index (χ3v) is 3.49. The maximum absolute atomic E-state index is 11.9. The summed E-state index contributed by atoms with van der Waals surface area (Å²) in [5.74, 6) is -0.0896. The van der Waals surface area contributed by atoms with Gasteiger partial charge in [-0.3, -0.25) is 9.48 Å². The van der Waals surface area contributed by atoms with Crippen LogP contribution in [0.1, 0.15) is 55.6 Å². The summed E-state index contributed by atoms with van der Waals surface area (Å²) in [7, 11) is 0. The summed E-state index contributed by atoms with van der Waals surface area (Å²) >= 11 is 0. The van der Waals surface area contributed by atoms with E-state index in [1.54, 1.807) is 6.07 Å². The summed E-state index contributed by atoms with van der Waals surface area (Å²) in [5, 5.41) is 7.25. The number of ether oxygens (including phenoxy) is 1. The minimum atomic E-state index is -0.0896. The fraction of sp³-hybridized carbons (Fsp3) is 0.714. The van der Waals surface area contributed by atoms with Gasteiger partial charge in [0.2, 0.25) is 0 Å². The van der Waals surface area contributed by atoms with Crippen LogP contribution in [-0.4, -0.2) is 35.4 Å². The number of aromatic nitrogens is 2. The largest absolute Gasteiger partial charge is 0.382 e. The van der Waals surface area contributed by atoms with Crippen LogP contribution in [0.15, 0.2) is 12.3 Å².